The minimum absolute atomic E-state index is 0. The van der Waals surface area contributed by atoms with Crippen LogP contribution in [0.25, 0.3) is 0 Å². The van der Waals surface area contributed by atoms with Crippen molar-refractivity contribution in [2.75, 3.05) is 4.72 Å². The molecule has 1 N–H and O–H groups in total. The predicted octanol–water partition coefficient (Wildman–Crippen LogP) is 0.291. The Labute approximate surface area is 108 Å². The smallest absolute Gasteiger partial charge is 0.271 e. The summed E-state index contributed by atoms with van der Waals surface area (Å²) in [6, 6.07) is 2.57. The molecule has 0 bridgehead atoms. The van der Waals surface area contributed by atoms with Crippen molar-refractivity contribution in [2.24, 2.45) is 0 Å². The first kappa shape index (κ1) is 14.3. The van der Waals surface area contributed by atoms with Crippen LogP contribution in [-0.2, 0) is 10.9 Å². The second kappa shape index (κ2) is 6.01. The van der Waals surface area contributed by atoms with Gasteiger partial charge in [0.05, 0.1) is 10.6 Å². The van der Waals surface area contributed by atoms with Crippen LogP contribution in [-0.4, -0.2) is 42.9 Å². The molecule has 0 atom stereocenters. The first-order chi connectivity index (χ1) is 6.50. The Kier molecular flexibility index (Phi) is 5.73. The molecule has 0 amide bonds. The zero-order valence-corrected chi connectivity index (χ0v) is 10.5. The molecule has 0 aromatic heterocycles. The van der Waals surface area contributed by atoms with Crippen LogP contribution in [0.2, 0.25) is 0 Å². The SMILES string of the molecule is O=[N+]([O-])c1ccc(F)c(N[SH](=O)=O)c1.[Na]. The minimum Gasteiger partial charge on any atom is -0.283 e. The van der Waals surface area contributed by atoms with Crippen molar-refractivity contribution in [2.45, 2.75) is 0 Å². The third-order valence-corrected chi connectivity index (χ3v) is 1.80. The van der Waals surface area contributed by atoms with E-state index in [9.17, 15) is 22.9 Å². The van der Waals surface area contributed by atoms with Crippen LogP contribution < -0.4 is 4.72 Å². The summed E-state index contributed by atoms with van der Waals surface area (Å²) in [7, 11) is -3.04. The van der Waals surface area contributed by atoms with Gasteiger partial charge in [0, 0.05) is 41.7 Å². The van der Waals surface area contributed by atoms with Gasteiger partial charge in [0.15, 0.2) is 0 Å². The van der Waals surface area contributed by atoms with E-state index >= 15 is 0 Å². The number of hydrogen-bond donors (Lipinski definition) is 2. The molecule has 1 aromatic rings. The fourth-order valence-corrected chi connectivity index (χ4v) is 1.18. The Hall–Kier alpha value is -0.700. The number of non-ortho nitro benzene ring substituents is 1. The van der Waals surface area contributed by atoms with E-state index in [0.717, 1.165) is 18.2 Å². The van der Waals surface area contributed by atoms with Crippen LogP contribution in [0.15, 0.2) is 18.2 Å². The van der Waals surface area contributed by atoms with Crippen LogP contribution in [0, 0.1) is 15.9 Å². The molecule has 0 aliphatic rings. The summed E-state index contributed by atoms with van der Waals surface area (Å²) in [4.78, 5) is 9.51. The normalized spacial score (nSPS) is 9.47. The first-order valence-corrected chi connectivity index (χ1v) is 4.53. The zero-order valence-electron chi connectivity index (χ0n) is 7.64. The minimum atomic E-state index is -3.04. The molecule has 0 fully saturated rings. The third kappa shape index (κ3) is 4.12. The largest absolute Gasteiger partial charge is 0.283 e. The van der Waals surface area contributed by atoms with E-state index in [0.29, 0.717) is 0 Å². The summed E-state index contributed by atoms with van der Waals surface area (Å²) in [5, 5.41) is 10.3. The van der Waals surface area contributed by atoms with Gasteiger partial charge in [-0.1, -0.05) is 0 Å². The molecule has 0 aliphatic heterocycles. The molecule has 0 saturated heterocycles. The Morgan fingerprint density at radius 3 is 2.47 bits per heavy atom. The van der Waals surface area contributed by atoms with Gasteiger partial charge < -0.3 is 0 Å². The van der Waals surface area contributed by atoms with Crippen LogP contribution in [0.4, 0.5) is 15.8 Å². The average Bonchev–Trinajstić information content (AvgIpc) is 2.07. The number of thiol groups is 1. The Morgan fingerprint density at radius 2 is 2.00 bits per heavy atom. The average molecular weight is 243 g/mol. The fraction of sp³-hybridized carbons (Fsp3) is 0. The quantitative estimate of drug-likeness (QED) is 0.345. The summed E-state index contributed by atoms with van der Waals surface area (Å²) < 4.78 is 35.0. The maximum absolute atomic E-state index is 12.8. The van der Waals surface area contributed by atoms with Crippen LogP contribution in [0.5, 0.6) is 0 Å². The maximum atomic E-state index is 12.8. The van der Waals surface area contributed by atoms with Gasteiger partial charge in [0.1, 0.15) is 5.82 Å². The molecule has 15 heavy (non-hydrogen) atoms. The van der Waals surface area contributed by atoms with Gasteiger partial charge in [-0.05, 0) is 6.07 Å². The van der Waals surface area contributed by atoms with E-state index in [1.54, 1.807) is 4.72 Å². The molecule has 0 aliphatic carbocycles. The van der Waals surface area contributed by atoms with Gasteiger partial charge in [-0.25, -0.2) is 12.8 Å². The van der Waals surface area contributed by atoms with Gasteiger partial charge in [-0.3, -0.25) is 14.8 Å². The van der Waals surface area contributed by atoms with Crippen molar-refractivity contribution in [3.8, 4) is 0 Å². The molecular weight excluding hydrogens is 238 g/mol. The Balaban J connectivity index is 0.00000196. The number of nitro benzene ring substituents is 1. The van der Waals surface area contributed by atoms with Crippen LogP contribution in [0.1, 0.15) is 0 Å². The van der Waals surface area contributed by atoms with E-state index in [4.69, 9.17) is 0 Å². The summed E-state index contributed by atoms with van der Waals surface area (Å²) in [6.45, 7) is 0. The Bertz CT molecular complexity index is 443. The van der Waals surface area contributed by atoms with Gasteiger partial charge in [0.25, 0.3) is 5.69 Å². The summed E-state index contributed by atoms with van der Waals surface area (Å²) >= 11 is 0. The zero-order chi connectivity index (χ0) is 10.7. The molecular formula is C6H5FN2NaO4S. The molecule has 0 saturated carbocycles. The number of nitrogens with one attached hydrogen (secondary N) is 1. The topological polar surface area (TPSA) is 89.3 Å². The van der Waals surface area contributed by atoms with Crippen molar-refractivity contribution in [3.63, 3.8) is 0 Å². The number of halogens is 1. The van der Waals surface area contributed by atoms with Crippen molar-refractivity contribution < 1.29 is 17.7 Å². The van der Waals surface area contributed by atoms with Crippen molar-refractivity contribution >= 4 is 51.8 Å². The monoisotopic (exact) mass is 243 g/mol. The van der Waals surface area contributed by atoms with E-state index in [-0.39, 0.29) is 35.2 Å². The van der Waals surface area contributed by atoms with Gasteiger partial charge in [0.2, 0.25) is 10.9 Å². The van der Waals surface area contributed by atoms with E-state index in [1.165, 1.54) is 0 Å². The number of benzene rings is 1. The van der Waals surface area contributed by atoms with Crippen LogP contribution in [0.3, 0.4) is 0 Å². The van der Waals surface area contributed by atoms with E-state index in [1.807, 2.05) is 0 Å². The number of anilines is 1. The maximum Gasteiger partial charge on any atom is 0.271 e. The van der Waals surface area contributed by atoms with Crippen molar-refractivity contribution in [1.82, 2.24) is 0 Å². The molecule has 0 spiro atoms. The summed E-state index contributed by atoms with van der Waals surface area (Å²) in [5.41, 5.74) is -0.818. The molecule has 1 aromatic carbocycles. The fourth-order valence-electron chi connectivity index (χ4n) is 0.811. The van der Waals surface area contributed by atoms with Gasteiger partial charge in [-0.15, -0.1) is 0 Å². The van der Waals surface area contributed by atoms with Crippen molar-refractivity contribution in [1.29, 1.82) is 0 Å². The number of hydrogen-bond acceptors (Lipinski definition) is 4. The van der Waals surface area contributed by atoms with E-state index in [2.05, 4.69) is 0 Å². The Morgan fingerprint density at radius 1 is 1.40 bits per heavy atom. The van der Waals surface area contributed by atoms with Crippen molar-refractivity contribution in [3.05, 3.63) is 34.1 Å². The number of nitro groups is 1. The van der Waals surface area contributed by atoms with E-state index < -0.39 is 27.3 Å². The van der Waals surface area contributed by atoms with Gasteiger partial charge >= 0.3 is 0 Å². The number of rotatable bonds is 3. The van der Waals surface area contributed by atoms with Gasteiger partial charge in [-0.2, -0.15) is 0 Å². The molecule has 0 heterocycles. The summed E-state index contributed by atoms with van der Waals surface area (Å²) in [6.07, 6.45) is 0. The molecule has 6 nitrogen and oxygen atoms in total. The molecule has 1 radical (unpaired) electrons. The third-order valence-electron chi connectivity index (χ3n) is 1.37. The summed E-state index contributed by atoms with van der Waals surface area (Å²) in [5.74, 6) is -0.866. The molecule has 9 heteroatoms. The van der Waals surface area contributed by atoms with Crippen LogP contribution >= 0.6 is 0 Å². The molecule has 77 valence electrons. The molecule has 0 unspecified atom stereocenters. The second-order valence-electron chi connectivity index (χ2n) is 2.29. The predicted molar refractivity (Wildman–Crippen MR) is 52.7 cm³/mol. The molecule has 1 rings (SSSR count). The number of nitrogens with zero attached hydrogens (tertiary/aromatic N) is 1. The standard InChI is InChI=1S/C6H5FN2O4S.Na/c7-5-2-1-4(9(10)11)3-6(5)8-14(12)13;/h1-3,14H,(H,8,12,13);. The first-order valence-electron chi connectivity index (χ1n) is 3.35. The second-order valence-corrected chi connectivity index (χ2v) is 3.03.